The molecule has 4 nitrogen and oxygen atoms in total. The first-order valence-electron chi connectivity index (χ1n) is 6.99. The lowest BCUT2D eigenvalue weighted by atomic mass is 9.95. The molecule has 0 unspecified atom stereocenters. The Morgan fingerprint density at radius 1 is 1.19 bits per heavy atom. The summed E-state index contributed by atoms with van der Waals surface area (Å²) in [6.45, 7) is 4.00. The van der Waals surface area contributed by atoms with Crippen LogP contribution < -0.4 is 5.56 Å². The number of aromatic hydroxyl groups is 1. The smallest absolute Gasteiger partial charge is 0.252 e. The first-order valence-corrected chi connectivity index (χ1v) is 6.99. The molecule has 4 heteroatoms. The molecule has 2 aromatic heterocycles. The topological polar surface area (TPSA) is 58.0 Å². The van der Waals surface area contributed by atoms with Crippen LogP contribution in [0.1, 0.15) is 25.3 Å². The van der Waals surface area contributed by atoms with Gasteiger partial charge in [0, 0.05) is 35.8 Å². The Morgan fingerprint density at radius 2 is 1.95 bits per heavy atom. The Labute approximate surface area is 122 Å². The van der Waals surface area contributed by atoms with E-state index in [2.05, 4.69) is 4.98 Å². The van der Waals surface area contributed by atoms with E-state index in [1.807, 2.05) is 55.9 Å². The molecule has 0 aliphatic carbocycles. The molecule has 2 heterocycles. The van der Waals surface area contributed by atoms with Gasteiger partial charge in [-0.05, 0) is 29.7 Å². The van der Waals surface area contributed by atoms with Crippen molar-refractivity contribution in [1.29, 1.82) is 0 Å². The van der Waals surface area contributed by atoms with Crippen molar-refractivity contribution in [3.63, 3.8) is 0 Å². The van der Waals surface area contributed by atoms with Crippen LogP contribution >= 0.6 is 0 Å². The Morgan fingerprint density at radius 3 is 2.67 bits per heavy atom. The van der Waals surface area contributed by atoms with Gasteiger partial charge in [-0.2, -0.15) is 0 Å². The fourth-order valence-electron chi connectivity index (χ4n) is 2.81. The van der Waals surface area contributed by atoms with Gasteiger partial charge in [0.1, 0.15) is 5.75 Å². The average molecular weight is 282 g/mol. The zero-order chi connectivity index (χ0) is 15.1. The van der Waals surface area contributed by atoms with Crippen LogP contribution in [0.3, 0.4) is 0 Å². The van der Waals surface area contributed by atoms with E-state index >= 15 is 0 Å². The summed E-state index contributed by atoms with van der Waals surface area (Å²) in [5.41, 5.74) is 3.21. The molecule has 0 atom stereocenters. The molecule has 0 aliphatic heterocycles. The molecule has 0 saturated heterocycles. The zero-order valence-corrected chi connectivity index (χ0v) is 12.3. The molecular weight excluding hydrogens is 264 g/mol. The fourth-order valence-corrected chi connectivity index (χ4v) is 2.81. The number of aryl methyl sites for hydroxylation is 1. The highest BCUT2D eigenvalue weighted by Crippen LogP contribution is 2.34. The Hall–Kier alpha value is -2.49. The third-order valence-corrected chi connectivity index (χ3v) is 3.81. The molecule has 0 saturated carbocycles. The van der Waals surface area contributed by atoms with Crippen LogP contribution in [0.2, 0.25) is 0 Å². The van der Waals surface area contributed by atoms with E-state index in [1.165, 1.54) is 6.07 Å². The van der Waals surface area contributed by atoms with Crippen LogP contribution in [-0.4, -0.2) is 14.7 Å². The van der Waals surface area contributed by atoms with E-state index in [-0.39, 0.29) is 17.2 Å². The minimum atomic E-state index is -0.292. The lowest BCUT2D eigenvalue weighted by Gasteiger charge is -2.14. The Kier molecular flexibility index (Phi) is 3.09. The third-order valence-electron chi connectivity index (χ3n) is 3.81. The van der Waals surface area contributed by atoms with Crippen molar-refractivity contribution < 1.29 is 5.11 Å². The van der Waals surface area contributed by atoms with Crippen molar-refractivity contribution in [2.75, 3.05) is 0 Å². The van der Waals surface area contributed by atoms with Crippen LogP contribution in [0.15, 0.2) is 41.3 Å². The molecule has 0 aliphatic rings. The van der Waals surface area contributed by atoms with Gasteiger partial charge in [-0.3, -0.25) is 4.79 Å². The zero-order valence-electron chi connectivity index (χ0n) is 12.3. The van der Waals surface area contributed by atoms with Crippen molar-refractivity contribution in [3.8, 4) is 17.0 Å². The van der Waals surface area contributed by atoms with Gasteiger partial charge in [0.25, 0.3) is 5.56 Å². The number of nitrogens with zero attached hydrogens (tertiary/aromatic N) is 1. The summed E-state index contributed by atoms with van der Waals surface area (Å²) < 4.78 is 2.05. The summed E-state index contributed by atoms with van der Waals surface area (Å²) in [4.78, 5) is 14.6. The minimum absolute atomic E-state index is 0.0527. The van der Waals surface area contributed by atoms with Crippen molar-refractivity contribution in [2.45, 2.75) is 19.8 Å². The second-order valence-electron chi connectivity index (χ2n) is 5.66. The number of hydrogen-bond donors (Lipinski definition) is 2. The second kappa shape index (κ2) is 4.81. The van der Waals surface area contributed by atoms with Crippen LogP contribution in [0.25, 0.3) is 22.2 Å². The second-order valence-corrected chi connectivity index (χ2v) is 5.66. The summed E-state index contributed by atoms with van der Waals surface area (Å²) in [6.07, 6.45) is 2.00. The van der Waals surface area contributed by atoms with Crippen molar-refractivity contribution in [3.05, 3.63) is 52.4 Å². The molecule has 2 N–H and O–H groups in total. The number of benzene rings is 1. The van der Waals surface area contributed by atoms with Crippen molar-refractivity contribution >= 4 is 10.9 Å². The monoisotopic (exact) mass is 282 g/mol. The molecule has 1 aromatic carbocycles. The van der Waals surface area contributed by atoms with Gasteiger partial charge in [-0.15, -0.1) is 0 Å². The average Bonchev–Trinajstić information content (AvgIpc) is 2.78. The Balaban J connectivity index is 2.28. The van der Waals surface area contributed by atoms with Gasteiger partial charge >= 0.3 is 0 Å². The first-order chi connectivity index (χ1) is 9.97. The van der Waals surface area contributed by atoms with Gasteiger partial charge in [0.2, 0.25) is 0 Å². The molecule has 108 valence electrons. The molecule has 21 heavy (non-hydrogen) atoms. The molecular formula is C17H18N2O2. The predicted octanol–water partition coefficient (Wildman–Crippen LogP) is 3.36. The highest BCUT2D eigenvalue weighted by molar-refractivity contribution is 5.85. The summed E-state index contributed by atoms with van der Waals surface area (Å²) in [5, 5.41) is 11.2. The molecule has 3 aromatic rings. The van der Waals surface area contributed by atoms with E-state index in [1.54, 1.807) is 0 Å². The lowest BCUT2D eigenvalue weighted by molar-refractivity contribution is 0.463. The van der Waals surface area contributed by atoms with Crippen LogP contribution in [-0.2, 0) is 7.05 Å². The number of hydrogen-bond acceptors (Lipinski definition) is 2. The predicted molar refractivity (Wildman–Crippen MR) is 84.7 cm³/mol. The van der Waals surface area contributed by atoms with E-state index in [9.17, 15) is 9.90 Å². The summed E-state index contributed by atoms with van der Waals surface area (Å²) in [5.74, 6) is 0.167. The van der Waals surface area contributed by atoms with E-state index in [0.29, 0.717) is 5.69 Å². The van der Waals surface area contributed by atoms with Gasteiger partial charge in [-0.25, -0.2) is 0 Å². The normalized spacial score (nSPS) is 11.4. The largest absolute Gasteiger partial charge is 0.507 e. The molecule has 3 rings (SSSR count). The molecule has 0 spiro atoms. The number of pyridine rings is 1. The standard InChI is InChI=1S/C17H18N2O2/c1-10(2)16-14(20)9-15(21)18-17(16)12-4-5-13-11(8-12)6-7-19(13)3/h4-10H,1-3H3,(H2,18,20,21). The molecule has 0 bridgehead atoms. The van der Waals surface area contributed by atoms with Crippen LogP contribution in [0.5, 0.6) is 5.75 Å². The quantitative estimate of drug-likeness (QED) is 0.757. The maximum Gasteiger partial charge on any atom is 0.252 e. The molecule has 0 fully saturated rings. The first kappa shape index (κ1) is 13.5. The highest BCUT2D eigenvalue weighted by Gasteiger charge is 2.15. The SMILES string of the molecule is CC(C)c1c(O)cc(=O)[nH]c1-c1ccc2c(ccn2C)c1. The number of nitrogens with one attached hydrogen (secondary N) is 1. The third kappa shape index (κ3) is 2.23. The number of aromatic amines is 1. The molecule has 0 amide bonds. The maximum absolute atomic E-state index is 11.7. The number of H-pyrrole nitrogens is 1. The lowest BCUT2D eigenvalue weighted by Crippen LogP contribution is -2.09. The summed E-state index contributed by atoms with van der Waals surface area (Å²) >= 11 is 0. The summed E-state index contributed by atoms with van der Waals surface area (Å²) in [6, 6.07) is 9.30. The van der Waals surface area contributed by atoms with E-state index < -0.39 is 0 Å². The number of rotatable bonds is 2. The van der Waals surface area contributed by atoms with Gasteiger partial charge in [-0.1, -0.05) is 19.9 Å². The van der Waals surface area contributed by atoms with Gasteiger partial charge < -0.3 is 14.7 Å². The highest BCUT2D eigenvalue weighted by atomic mass is 16.3. The maximum atomic E-state index is 11.7. The van der Waals surface area contributed by atoms with E-state index in [4.69, 9.17) is 0 Å². The van der Waals surface area contributed by atoms with Gasteiger partial charge in [0.15, 0.2) is 0 Å². The fraction of sp³-hybridized carbons (Fsp3) is 0.235. The number of fused-ring (bicyclic) bond motifs is 1. The Bertz CT molecular complexity index is 872. The number of aromatic nitrogens is 2. The molecule has 0 radical (unpaired) electrons. The summed E-state index contributed by atoms with van der Waals surface area (Å²) in [7, 11) is 2.00. The van der Waals surface area contributed by atoms with Crippen molar-refractivity contribution in [2.24, 2.45) is 7.05 Å². The minimum Gasteiger partial charge on any atom is -0.507 e. The van der Waals surface area contributed by atoms with E-state index in [0.717, 1.165) is 22.0 Å². The van der Waals surface area contributed by atoms with Gasteiger partial charge in [0.05, 0.1) is 5.69 Å². The van der Waals surface area contributed by atoms with Crippen LogP contribution in [0.4, 0.5) is 0 Å². The van der Waals surface area contributed by atoms with Crippen molar-refractivity contribution in [1.82, 2.24) is 9.55 Å². The van der Waals surface area contributed by atoms with Crippen LogP contribution in [0, 0.1) is 0 Å².